The molecule has 0 spiro atoms. The van der Waals surface area contributed by atoms with E-state index in [0.717, 1.165) is 6.07 Å². The smallest absolute Gasteiger partial charge is 0.340 e. The van der Waals surface area contributed by atoms with Gasteiger partial charge < -0.3 is 15.2 Å². The molecule has 1 aliphatic rings. The lowest BCUT2D eigenvalue weighted by atomic mass is 10.1. The Labute approximate surface area is 169 Å². The number of aromatic nitrogens is 3. The number of hydrogen-bond acceptors (Lipinski definition) is 5. The summed E-state index contributed by atoms with van der Waals surface area (Å²) < 4.78 is 54.1. The predicted molar refractivity (Wildman–Crippen MR) is 102 cm³/mol. The van der Waals surface area contributed by atoms with Gasteiger partial charge in [0.15, 0.2) is 0 Å². The third-order valence-corrected chi connectivity index (χ3v) is 5.17. The van der Waals surface area contributed by atoms with Gasteiger partial charge in [-0.3, -0.25) is 4.98 Å². The largest absolute Gasteiger partial charge is 0.433 e. The summed E-state index contributed by atoms with van der Waals surface area (Å²) in [5, 5.41) is 9.24. The molecular formula is C20H18F4N6. The maximum Gasteiger partial charge on any atom is 0.433 e. The first-order valence-electron chi connectivity index (χ1n) is 9.33. The number of fused-ring (bicyclic) bond motifs is 1. The van der Waals surface area contributed by atoms with Crippen LogP contribution >= 0.6 is 0 Å². The molecular weight excluding hydrogens is 400 g/mol. The molecule has 3 heterocycles. The van der Waals surface area contributed by atoms with Crippen molar-refractivity contribution in [1.82, 2.24) is 14.5 Å². The topological polar surface area (TPSA) is 83.8 Å². The van der Waals surface area contributed by atoms with Gasteiger partial charge >= 0.3 is 6.18 Å². The number of piperidine rings is 1. The van der Waals surface area contributed by atoms with E-state index < -0.39 is 24.1 Å². The van der Waals surface area contributed by atoms with Crippen molar-refractivity contribution in [3.8, 4) is 6.07 Å². The quantitative estimate of drug-likeness (QED) is 0.661. The van der Waals surface area contributed by atoms with E-state index in [9.17, 15) is 22.8 Å². The molecule has 10 heteroatoms. The normalized spacial score (nSPS) is 19.8. The molecule has 156 valence electrons. The summed E-state index contributed by atoms with van der Waals surface area (Å²) in [7, 11) is 0. The van der Waals surface area contributed by atoms with Crippen molar-refractivity contribution < 1.29 is 17.6 Å². The zero-order valence-corrected chi connectivity index (χ0v) is 15.8. The van der Waals surface area contributed by atoms with E-state index in [1.165, 1.54) is 12.3 Å². The highest BCUT2D eigenvalue weighted by atomic mass is 19.4. The Balaban J connectivity index is 1.75. The maximum atomic E-state index is 13.8. The molecule has 3 aromatic rings. The molecule has 1 saturated heterocycles. The van der Waals surface area contributed by atoms with Crippen molar-refractivity contribution >= 4 is 17.0 Å². The fraction of sp³-hybridized carbons (Fsp3) is 0.350. The van der Waals surface area contributed by atoms with Crippen molar-refractivity contribution in [1.29, 1.82) is 5.26 Å². The minimum absolute atomic E-state index is 0.191. The maximum absolute atomic E-state index is 13.8. The van der Waals surface area contributed by atoms with E-state index >= 15 is 0 Å². The molecule has 0 amide bonds. The lowest BCUT2D eigenvalue weighted by Gasteiger charge is -2.34. The van der Waals surface area contributed by atoms with Gasteiger partial charge in [0.05, 0.1) is 35.3 Å². The number of benzene rings is 1. The number of halogens is 4. The van der Waals surface area contributed by atoms with Crippen LogP contribution in [0.5, 0.6) is 0 Å². The fourth-order valence-corrected chi connectivity index (χ4v) is 3.58. The standard InChI is InChI=1S/C20H18F4N6/c21-14-5-6-29(11-15(14)26)19-28-16-3-1-12(8-25)7-17(16)30(19)10-13-2-4-18(27-9-13)20(22,23)24/h1-4,7,9,14-15H,5-6,10-11,26H2/t14-,15-/m1/s1. The molecule has 0 unspecified atom stereocenters. The lowest BCUT2D eigenvalue weighted by molar-refractivity contribution is -0.141. The Morgan fingerprint density at radius 2 is 2.03 bits per heavy atom. The Hall–Kier alpha value is -3.19. The summed E-state index contributed by atoms with van der Waals surface area (Å²) >= 11 is 0. The first-order valence-corrected chi connectivity index (χ1v) is 9.33. The van der Waals surface area contributed by atoms with E-state index in [-0.39, 0.29) is 19.5 Å². The van der Waals surface area contributed by atoms with Crippen molar-refractivity contribution in [2.24, 2.45) is 5.73 Å². The van der Waals surface area contributed by atoms with Crippen LogP contribution in [0.3, 0.4) is 0 Å². The van der Waals surface area contributed by atoms with Gasteiger partial charge in [-0.05, 0) is 36.2 Å². The lowest BCUT2D eigenvalue weighted by Crippen LogP contribution is -2.50. The molecule has 0 aliphatic carbocycles. The van der Waals surface area contributed by atoms with Gasteiger partial charge in [0.1, 0.15) is 11.9 Å². The number of rotatable bonds is 3. The fourth-order valence-electron chi connectivity index (χ4n) is 3.58. The van der Waals surface area contributed by atoms with Gasteiger partial charge in [-0.1, -0.05) is 6.07 Å². The summed E-state index contributed by atoms with van der Waals surface area (Å²) in [6, 6.07) is 8.73. The second-order valence-electron chi connectivity index (χ2n) is 7.28. The average molecular weight is 418 g/mol. The van der Waals surface area contributed by atoms with Crippen molar-refractivity contribution in [2.45, 2.75) is 31.4 Å². The molecule has 0 bridgehead atoms. The SMILES string of the molecule is N#Cc1ccc2nc(N3CC[C@@H](F)[C@H](N)C3)n(Cc3ccc(C(F)(F)F)nc3)c2c1. The van der Waals surface area contributed by atoms with Crippen LogP contribution in [-0.4, -0.2) is 39.8 Å². The molecule has 1 fully saturated rings. The van der Waals surface area contributed by atoms with E-state index in [4.69, 9.17) is 5.73 Å². The van der Waals surface area contributed by atoms with Crippen molar-refractivity contribution in [3.05, 3.63) is 53.3 Å². The van der Waals surface area contributed by atoms with E-state index in [1.54, 1.807) is 22.8 Å². The third kappa shape index (κ3) is 3.80. The molecule has 1 aliphatic heterocycles. The number of imidazole rings is 1. The number of nitrogens with two attached hydrogens (primary N) is 1. The molecule has 2 N–H and O–H groups in total. The van der Waals surface area contributed by atoms with Crippen LogP contribution in [0.1, 0.15) is 23.2 Å². The third-order valence-electron chi connectivity index (χ3n) is 5.17. The Bertz CT molecular complexity index is 1100. The molecule has 0 saturated carbocycles. The van der Waals surface area contributed by atoms with E-state index in [1.807, 2.05) is 4.90 Å². The van der Waals surface area contributed by atoms with Gasteiger partial charge in [-0.25, -0.2) is 9.37 Å². The average Bonchev–Trinajstić information content (AvgIpc) is 3.07. The second kappa shape index (κ2) is 7.57. The number of anilines is 1. The van der Waals surface area contributed by atoms with Gasteiger partial charge in [-0.2, -0.15) is 18.4 Å². The number of pyridine rings is 1. The Kier molecular flexibility index (Phi) is 5.07. The number of nitrogens with zero attached hydrogens (tertiary/aromatic N) is 5. The summed E-state index contributed by atoms with van der Waals surface area (Å²) in [6.07, 6.45) is -4.18. The summed E-state index contributed by atoms with van der Waals surface area (Å²) in [5.41, 5.74) is 7.17. The molecule has 4 rings (SSSR count). The number of nitriles is 1. The Morgan fingerprint density at radius 1 is 1.23 bits per heavy atom. The van der Waals surface area contributed by atoms with Crippen LogP contribution in [0.15, 0.2) is 36.5 Å². The molecule has 0 radical (unpaired) electrons. The first-order chi connectivity index (χ1) is 14.3. The highest BCUT2D eigenvalue weighted by Crippen LogP contribution is 2.29. The molecule has 2 atom stereocenters. The summed E-state index contributed by atoms with van der Waals surface area (Å²) in [5.74, 6) is 0.530. The first kappa shape index (κ1) is 20.1. The Morgan fingerprint density at radius 3 is 2.67 bits per heavy atom. The van der Waals surface area contributed by atoms with E-state index in [2.05, 4.69) is 16.0 Å². The monoisotopic (exact) mass is 418 g/mol. The second-order valence-corrected chi connectivity index (χ2v) is 7.28. The van der Waals surface area contributed by atoms with E-state index in [0.29, 0.717) is 34.7 Å². The molecule has 30 heavy (non-hydrogen) atoms. The minimum Gasteiger partial charge on any atom is -0.340 e. The number of hydrogen-bond donors (Lipinski definition) is 1. The molecule has 6 nitrogen and oxygen atoms in total. The van der Waals surface area contributed by atoms with Crippen LogP contribution in [0.25, 0.3) is 11.0 Å². The molecule has 2 aromatic heterocycles. The number of alkyl halides is 4. The summed E-state index contributed by atoms with van der Waals surface area (Å²) in [4.78, 5) is 10.0. The van der Waals surface area contributed by atoms with Crippen LogP contribution in [0, 0.1) is 11.3 Å². The highest BCUT2D eigenvalue weighted by Gasteiger charge is 2.32. The van der Waals surface area contributed by atoms with Gasteiger partial charge in [0.25, 0.3) is 0 Å². The van der Waals surface area contributed by atoms with Crippen LogP contribution in [-0.2, 0) is 12.7 Å². The van der Waals surface area contributed by atoms with Gasteiger partial charge in [-0.15, -0.1) is 0 Å². The van der Waals surface area contributed by atoms with Crippen LogP contribution in [0.4, 0.5) is 23.5 Å². The van der Waals surface area contributed by atoms with Crippen molar-refractivity contribution in [3.63, 3.8) is 0 Å². The van der Waals surface area contributed by atoms with Crippen LogP contribution < -0.4 is 10.6 Å². The van der Waals surface area contributed by atoms with Crippen LogP contribution in [0.2, 0.25) is 0 Å². The zero-order chi connectivity index (χ0) is 21.5. The minimum atomic E-state index is -4.51. The zero-order valence-electron chi connectivity index (χ0n) is 15.8. The van der Waals surface area contributed by atoms with Gasteiger partial charge in [0, 0.05) is 19.3 Å². The predicted octanol–water partition coefficient (Wildman–Crippen LogP) is 3.25. The molecule has 1 aromatic carbocycles. The van der Waals surface area contributed by atoms with Crippen molar-refractivity contribution in [2.75, 3.05) is 18.0 Å². The van der Waals surface area contributed by atoms with Gasteiger partial charge in [0.2, 0.25) is 5.95 Å². The highest BCUT2D eigenvalue weighted by molar-refractivity contribution is 5.80. The summed E-state index contributed by atoms with van der Waals surface area (Å²) in [6.45, 7) is 0.867.